The molecular weight excluding hydrogens is 251 g/mol. The second-order valence-electron chi connectivity index (χ2n) is 4.60. The second kappa shape index (κ2) is 6.75. The van der Waals surface area contributed by atoms with Gasteiger partial charge in [-0.15, -0.1) is 0 Å². The molecule has 0 fully saturated rings. The summed E-state index contributed by atoms with van der Waals surface area (Å²) >= 11 is 0. The van der Waals surface area contributed by atoms with Gasteiger partial charge < -0.3 is 0 Å². The molecule has 0 aromatic heterocycles. The van der Waals surface area contributed by atoms with Crippen LogP contribution in [0.5, 0.6) is 0 Å². The van der Waals surface area contributed by atoms with Crippen LogP contribution in [0, 0.1) is 12.7 Å². The Morgan fingerprint density at radius 1 is 0.950 bits per heavy atom. The maximum atomic E-state index is 13.6. The molecular formula is C17H17FN2. The zero-order valence-corrected chi connectivity index (χ0v) is 11.7. The van der Waals surface area contributed by atoms with E-state index in [-0.39, 0.29) is 5.82 Å². The third kappa shape index (κ3) is 3.85. The summed E-state index contributed by atoms with van der Waals surface area (Å²) < 4.78 is 13.6. The Kier molecular flexibility index (Phi) is 4.77. The van der Waals surface area contributed by atoms with Crippen molar-refractivity contribution in [2.45, 2.75) is 20.3 Å². The van der Waals surface area contributed by atoms with E-state index in [2.05, 4.69) is 10.2 Å². The number of halogens is 1. The maximum Gasteiger partial charge on any atom is 0.127 e. The first kappa shape index (κ1) is 14.1. The molecule has 2 rings (SSSR count). The average molecular weight is 268 g/mol. The van der Waals surface area contributed by atoms with Crippen molar-refractivity contribution in [3.05, 3.63) is 70.5 Å². The van der Waals surface area contributed by atoms with E-state index in [0.29, 0.717) is 17.5 Å². The van der Waals surface area contributed by atoms with Crippen LogP contribution < -0.4 is 0 Å². The van der Waals surface area contributed by atoms with Crippen LogP contribution >= 0.6 is 0 Å². The van der Waals surface area contributed by atoms with Crippen molar-refractivity contribution >= 4 is 12.4 Å². The average Bonchev–Trinajstić information content (AvgIpc) is 2.46. The summed E-state index contributed by atoms with van der Waals surface area (Å²) in [5.41, 5.74) is 3.61. The molecule has 0 N–H and O–H groups in total. The third-order valence-electron chi connectivity index (χ3n) is 3.02. The van der Waals surface area contributed by atoms with Crippen LogP contribution in [0.1, 0.15) is 29.2 Å². The van der Waals surface area contributed by atoms with Gasteiger partial charge in [0.1, 0.15) is 5.82 Å². The predicted octanol–water partition coefficient (Wildman–Crippen LogP) is 4.15. The van der Waals surface area contributed by atoms with Crippen LogP contribution in [-0.4, -0.2) is 12.4 Å². The van der Waals surface area contributed by atoms with Gasteiger partial charge in [0, 0.05) is 0 Å². The SMILES string of the molecule is CCc1ccc(C=NN=Cc2ccc(C)cc2)cc1F. The zero-order valence-electron chi connectivity index (χ0n) is 11.7. The van der Waals surface area contributed by atoms with E-state index in [9.17, 15) is 4.39 Å². The maximum absolute atomic E-state index is 13.6. The molecule has 2 aromatic carbocycles. The summed E-state index contributed by atoms with van der Waals surface area (Å²) in [5, 5.41) is 7.89. The van der Waals surface area contributed by atoms with Crippen molar-refractivity contribution in [2.24, 2.45) is 10.2 Å². The van der Waals surface area contributed by atoms with Crippen molar-refractivity contribution in [1.29, 1.82) is 0 Å². The fourth-order valence-corrected chi connectivity index (χ4v) is 1.78. The monoisotopic (exact) mass is 268 g/mol. The lowest BCUT2D eigenvalue weighted by atomic mass is 10.1. The normalized spacial score (nSPS) is 11.6. The molecule has 0 amide bonds. The number of hydrogen-bond acceptors (Lipinski definition) is 2. The van der Waals surface area contributed by atoms with Gasteiger partial charge in [-0.05, 0) is 36.1 Å². The highest BCUT2D eigenvalue weighted by atomic mass is 19.1. The lowest BCUT2D eigenvalue weighted by molar-refractivity contribution is 0.612. The second-order valence-corrected chi connectivity index (χ2v) is 4.60. The van der Waals surface area contributed by atoms with E-state index >= 15 is 0 Å². The summed E-state index contributed by atoms with van der Waals surface area (Å²) in [6.45, 7) is 3.96. The van der Waals surface area contributed by atoms with Crippen LogP contribution in [0.15, 0.2) is 52.7 Å². The number of rotatable bonds is 4. The first-order valence-electron chi connectivity index (χ1n) is 6.60. The van der Waals surface area contributed by atoms with Gasteiger partial charge in [-0.1, -0.05) is 48.9 Å². The minimum absolute atomic E-state index is 0.195. The van der Waals surface area contributed by atoms with Crippen molar-refractivity contribution in [3.63, 3.8) is 0 Å². The van der Waals surface area contributed by atoms with Crippen LogP contribution in [0.2, 0.25) is 0 Å². The largest absolute Gasteiger partial charge is 0.207 e. The van der Waals surface area contributed by atoms with Crippen molar-refractivity contribution in [2.75, 3.05) is 0 Å². The number of aryl methyl sites for hydroxylation is 2. The molecule has 3 heteroatoms. The molecule has 102 valence electrons. The highest BCUT2D eigenvalue weighted by Crippen LogP contribution is 2.09. The molecule has 0 saturated carbocycles. The van der Waals surface area contributed by atoms with E-state index < -0.39 is 0 Å². The summed E-state index contributed by atoms with van der Waals surface area (Å²) in [6.07, 6.45) is 3.91. The van der Waals surface area contributed by atoms with Gasteiger partial charge in [-0.25, -0.2) is 4.39 Å². The quantitative estimate of drug-likeness (QED) is 0.588. The fourth-order valence-electron chi connectivity index (χ4n) is 1.78. The van der Waals surface area contributed by atoms with Crippen LogP contribution in [0.25, 0.3) is 0 Å². The minimum atomic E-state index is -0.195. The fraction of sp³-hybridized carbons (Fsp3) is 0.176. The van der Waals surface area contributed by atoms with E-state index in [4.69, 9.17) is 0 Å². The number of nitrogens with zero attached hydrogens (tertiary/aromatic N) is 2. The van der Waals surface area contributed by atoms with E-state index in [1.807, 2.05) is 44.2 Å². The molecule has 0 atom stereocenters. The van der Waals surface area contributed by atoms with Crippen LogP contribution in [0.3, 0.4) is 0 Å². The van der Waals surface area contributed by atoms with Crippen molar-refractivity contribution in [3.8, 4) is 0 Å². The molecule has 0 unspecified atom stereocenters. The summed E-state index contributed by atoms with van der Waals surface area (Å²) in [4.78, 5) is 0. The van der Waals surface area contributed by atoms with Crippen LogP contribution in [-0.2, 0) is 6.42 Å². The molecule has 0 heterocycles. The Labute approximate surface area is 118 Å². The lowest BCUT2D eigenvalue weighted by Gasteiger charge is -1.99. The summed E-state index contributed by atoms with van der Waals surface area (Å²) in [7, 11) is 0. The van der Waals surface area contributed by atoms with Gasteiger partial charge in [0.05, 0.1) is 12.4 Å². The van der Waals surface area contributed by atoms with Gasteiger partial charge >= 0.3 is 0 Å². The molecule has 2 nitrogen and oxygen atoms in total. The molecule has 0 aliphatic carbocycles. The highest BCUT2D eigenvalue weighted by molar-refractivity contribution is 5.82. The van der Waals surface area contributed by atoms with Gasteiger partial charge in [-0.2, -0.15) is 10.2 Å². The topological polar surface area (TPSA) is 24.7 Å². The third-order valence-corrected chi connectivity index (χ3v) is 3.02. The molecule has 0 saturated heterocycles. The number of hydrogen-bond donors (Lipinski definition) is 0. The Morgan fingerprint density at radius 3 is 2.15 bits per heavy atom. The minimum Gasteiger partial charge on any atom is -0.207 e. The van der Waals surface area contributed by atoms with Crippen molar-refractivity contribution < 1.29 is 4.39 Å². The standard InChI is InChI=1S/C17H17FN2/c1-3-16-9-8-15(10-17(16)18)12-20-19-11-14-6-4-13(2)5-7-14/h4-12H,3H2,1-2H3. The Morgan fingerprint density at radius 2 is 1.55 bits per heavy atom. The predicted molar refractivity (Wildman–Crippen MR) is 82.1 cm³/mol. The smallest absolute Gasteiger partial charge is 0.127 e. The van der Waals surface area contributed by atoms with E-state index in [0.717, 1.165) is 5.56 Å². The molecule has 20 heavy (non-hydrogen) atoms. The molecule has 2 aromatic rings. The lowest BCUT2D eigenvalue weighted by Crippen LogP contribution is -1.90. The molecule has 0 aliphatic heterocycles. The molecule has 0 bridgehead atoms. The summed E-state index contributed by atoms with van der Waals surface area (Å²) in [6, 6.07) is 13.1. The molecule has 0 aliphatic rings. The first-order valence-corrected chi connectivity index (χ1v) is 6.60. The van der Waals surface area contributed by atoms with Crippen LogP contribution in [0.4, 0.5) is 4.39 Å². The Hall–Kier alpha value is -2.29. The van der Waals surface area contributed by atoms with E-state index in [1.54, 1.807) is 18.5 Å². The van der Waals surface area contributed by atoms with Crippen molar-refractivity contribution in [1.82, 2.24) is 0 Å². The Balaban J connectivity index is 2.02. The van der Waals surface area contributed by atoms with E-state index in [1.165, 1.54) is 11.6 Å². The van der Waals surface area contributed by atoms with Gasteiger partial charge in [0.15, 0.2) is 0 Å². The molecule has 0 spiro atoms. The highest BCUT2D eigenvalue weighted by Gasteiger charge is 1.99. The first-order chi connectivity index (χ1) is 9.69. The van der Waals surface area contributed by atoms with Gasteiger partial charge in [0.25, 0.3) is 0 Å². The van der Waals surface area contributed by atoms with Gasteiger partial charge in [-0.3, -0.25) is 0 Å². The van der Waals surface area contributed by atoms with Gasteiger partial charge in [0.2, 0.25) is 0 Å². The number of benzene rings is 2. The molecule has 0 radical (unpaired) electrons. The summed E-state index contributed by atoms with van der Waals surface area (Å²) in [5.74, 6) is -0.195. The Bertz CT molecular complexity index is 628. The zero-order chi connectivity index (χ0) is 14.4.